The van der Waals surface area contributed by atoms with Crippen molar-refractivity contribution in [1.29, 1.82) is 0 Å². The van der Waals surface area contributed by atoms with Gasteiger partial charge in [0.2, 0.25) is 0 Å². The molecule has 0 spiro atoms. The minimum Gasteiger partial charge on any atom is -0.351 e. The highest BCUT2D eigenvalue weighted by Gasteiger charge is 2.19. The van der Waals surface area contributed by atoms with Crippen LogP contribution in [0.5, 0.6) is 0 Å². The van der Waals surface area contributed by atoms with Crippen LogP contribution in [0.4, 0.5) is 4.79 Å². The van der Waals surface area contributed by atoms with Gasteiger partial charge in [-0.05, 0) is 19.4 Å². The Morgan fingerprint density at radius 2 is 2.32 bits per heavy atom. The Morgan fingerprint density at radius 3 is 2.82 bits per heavy atom. The van der Waals surface area contributed by atoms with Crippen LogP contribution in [-0.4, -0.2) is 27.5 Å². The van der Waals surface area contributed by atoms with Gasteiger partial charge in [0.25, 0.3) is 0 Å². The number of hydrogen-bond acceptors (Lipinski definition) is 3. The number of aryl methyl sites for hydroxylation is 2. The summed E-state index contributed by atoms with van der Waals surface area (Å²) in [7, 11) is 3.69. The van der Waals surface area contributed by atoms with E-state index in [-0.39, 0.29) is 12.1 Å². The lowest BCUT2D eigenvalue weighted by Crippen LogP contribution is -2.39. The average Bonchev–Trinajstić information content (AvgIpc) is 3.02. The Kier molecular flexibility index (Phi) is 5.47. The third-order valence-corrected chi connectivity index (χ3v) is 4.74. The van der Waals surface area contributed by atoms with E-state index in [4.69, 9.17) is 11.6 Å². The van der Waals surface area contributed by atoms with E-state index in [9.17, 15) is 4.79 Å². The molecule has 0 aliphatic carbocycles. The van der Waals surface area contributed by atoms with Crippen LogP contribution in [0.15, 0.2) is 17.6 Å². The highest BCUT2D eigenvalue weighted by atomic mass is 35.5. The highest BCUT2D eigenvalue weighted by Crippen LogP contribution is 2.21. The fourth-order valence-electron chi connectivity index (χ4n) is 2.17. The summed E-state index contributed by atoms with van der Waals surface area (Å²) in [6.45, 7) is 4.50. The van der Waals surface area contributed by atoms with Crippen molar-refractivity contribution in [3.05, 3.63) is 39.1 Å². The van der Waals surface area contributed by atoms with Crippen molar-refractivity contribution >= 4 is 29.0 Å². The molecule has 0 fully saturated rings. The second kappa shape index (κ2) is 7.15. The number of amides is 2. The Morgan fingerprint density at radius 1 is 1.59 bits per heavy atom. The average molecular weight is 341 g/mol. The monoisotopic (exact) mass is 340 g/mol. The van der Waals surface area contributed by atoms with Gasteiger partial charge in [0.05, 0.1) is 17.6 Å². The number of urea groups is 1. The predicted octanol–water partition coefficient (Wildman–Crippen LogP) is 3.74. The largest absolute Gasteiger partial charge is 0.351 e. The van der Waals surface area contributed by atoms with E-state index in [0.717, 1.165) is 22.8 Å². The van der Waals surface area contributed by atoms with Crippen molar-refractivity contribution in [2.45, 2.75) is 32.9 Å². The normalized spacial score (nSPS) is 12.2. The molecule has 1 unspecified atom stereocenters. The van der Waals surface area contributed by atoms with E-state index in [0.29, 0.717) is 11.6 Å². The van der Waals surface area contributed by atoms with Gasteiger partial charge < -0.3 is 14.8 Å². The second-order valence-electron chi connectivity index (χ2n) is 5.35. The first-order valence-electron chi connectivity index (χ1n) is 7.15. The summed E-state index contributed by atoms with van der Waals surface area (Å²) in [6, 6.07) is 1.70. The molecule has 0 saturated carbocycles. The molecule has 2 rings (SSSR count). The first-order valence-corrected chi connectivity index (χ1v) is 8.40. The van der Waals surface area contributed by atoms with Gasteiger partial charge in [-0.15, -0.1) is 11.3 Å². The molecule has 0 radical (unpaired) electrons. The Bertz CT molecular complexity index is 652. The molecule has 0 bridgehead atoms. The van der Waals surface area contributed by atoms with Crippen LogP contribution in [-0.2, 0) is 13.6 Å². The Labute approximate surface area is 139 Å². The lowest BCUT2D eigenvalue weighted by Gasteiger charge is -2.22. The maximum Gasteiger partial charge on any atom is 0.318 e. The van der Waals surface area contributed by atoms with E-state index in [2.05, 4.69) is 10.3 Å². The van der Waals surface area contributed by atoms with Crippen molar-refractivity contribution < 1.29 is 4.79 Å². The van der Waals surface area contributed by atoms with Crippen LogP contribution in [0, 0.1) is 6.92 Å². The van der Waals surface area contributed by atoms with Gasteiger partial charge in [0.1, 0.15) is 5.01 Å². The van der Waals surface area contributed by atoms with Gasteiger partial charge in [-0.1, -0.05) is 18.5 Å². The van der Waals surface area contributed by atoms with E-state index in [1.165, 1.54) is 0 Å². The van der Waals surface area contributed by atoms with Crippen molar-refractivity contribution in [2.75, 3.05) is 7.05 Å². The minimum atomic E-state index is -0.114. The van der Waals surface area contributed by atoms with Gasteiger partial charge in [0, 0.05) is 37.1 Å². The SMILES string of the molecule is CCC(NC(=O)N(C)Cc1cc(Cl)cn1C)c1nc(C)cs1. The minimum absolute atomic E-state index is 0.0503. The summed E-state index contributed by atoms with van der Waals surface area (Å²) in [6.07, 6.45) is 2.64. The number of carbonyl (C=O) groups excluding carboxylic acids is 1. The maximum absolute atomic E-state index is 12.4. The molecule has 2 heterocycles. The van der Waals surface area contributed by atoms with E-state index in [1.807, 2.05) is 43.1 Å². The smallest absolute Gasteiger partial charge is 0.318 e. The number of carbonyl (C=O) groups is 1. The highest BCUT2D eigenvalue weighted by molar-refractivity contribution is 7.09. The fraction of sp³-hybridized carbons (Fsp3) is 0.467. The molecule has 1 N–H and O–H groups in total. The topological polar surface area (TPSA) is 50.2 Å². The van der Waals surface area contributed by atoms with Gasteiger partial charge >= 0.3 is 6.03 Å². The van der Waals surface area contributed by atoms with Crippen LogP contribution < -0.4 is 5.32 Å². The summed E-state index contributed by atoms with van der Waals surface area (Å²) in [4.78, 5) is 18.5. The van der Waals surface area contributed by atoms with Crippen molar-refractivity contribution in [3.8, 4) is 0 Å². The lowest BCUT2D eigenvalue weighted by atomic mass is 10.2. The van der Waals surface area contributed by atoms with Crippen LogP contribution in [0.25, 0.3) is 0 Å². The fourth-order valence-corrected chi connectivity index (χ4v) is 3.37. The van der Waals surface area contributed by atoms with Crippen LogP contribution in [0.3, 0.4) is 0 Å². The number of aromatic nitrogens is 2. The molecule has 0 aromatic carbocycles. The molecule has 0 aliphatic heterocycles. The zero-order valence-corrected chi connectivity index (χ0v) is 14.8. The van der Waals surface area contributed by atoms with Gasteiger partial charge in [-0.2, -0.15) is 0 Å². The Hall–Kier alpha value is -1.53. The molecule has 2 amide bonds. The summed E-state index contributed by atoms with van der Waals surface area (Å²) < 4.78 is 1.92. The molecular weight excluding hydrogens is 320 g/mol. The Balaban J connectivity index is 1.99. The molecular formula is C15H21ClN4OS. The molecule has 0 aliphatic rings. The van der Waals surface area contributed by atoms with E-state index >= 15 is 0 Å². The molecule has 1 atom stereocenters. The third kappa shape index (κ3) is 4.01. The number of halogens is 1. The first kappa shape index (κ1) is 16.8. The van der Waals surface area contributed by atoms with Crippen molar-refractivity contribution in [3.63, 3.8) is 0 Å². The summed E-state index contributed by atoms with van der Waals surface area (Å²) >= 11 is 7.55. The maximum atomic E-state index is 12.4. The summed E-state index contributed by atoms with van der Waals surface area (Å²) in [5.41, 5.74) is 1.97. The number of nitrogens with one attached hydrogen (secondary N) is 1. The summed E-state index contributed by atoms with van der Waals surface area (Å²) in [5, 5.41) is 6.66. The third-order valence-electron chi connectivity index (χ3n) is 3.46. The summed E-state index contributed by atoms with van der Waals surface area (Å²) in [5.74, 6) is 0. The number of rotatable bonds is 5. The van der Waals surface area contributed by atoms with Crippen LogP contribution >= 0.6 is 22.9 Å². The van der Waals surface area contributed by atoms with Crippen LogP contribution in [0.1, 0.15) is 35.8 Å². The van der Waals surface area contributed by atoms with Crippen molar-refractivity contribution in [2.24, 2.45) is 7.05 Å². The van der Waals surface area contributed by atoms with Gasteiger partial charge in [-0.3, -0.25) is 0 Å². The van der Waals surface area contributed by atoms with Crippen LogP contribution in [0.2, 0.25) is 5.02 Å². The predicted molar refractivity (Wildman–Crippen MR) is 90.3 cm³/mol. The zero-order chi connectivity index (χ0) is 16.3. The van der Waals surface area contributed by atoms with Gasteiger partial charge in [-0.25, -0.2) is 9.78 Å². The quantitative estimate of drug-likeness (QED) is 0.901. The lowest BCUT2D eigenvalue weighted by molar-refractivity contribution is 0.201. The zero-order valence-electron chi connectivity index (χ0n) is 13.3. The molecule has 22 heavy (non-hydrogen) atoms. The van der Waals surface area contributed by atoms with E-state index in [1.54, 1.807) is 23.3 Å². The van der Waals surface area contributed by atoms with E-state index < -0.39 is 0 Å². The molecule has 0 saturated heterocycles. The molecule has 5 nitrogen and oxygen atoms in total. The van der Waals surface area contributed by atoms with Gasteiger partial charge in [0.15, 0.2) is 0 Å². The molecule has 120 valence electrons. The standard InChI is InChI=1S/C15H21ClN4OS/c1-5-13(14-17-10(2)9-22-14)18-15(21)20(4)8-12-6-11(16)7-19(12)3/h6-7,9,13H,5,8H2,1-4H3,(H,18,21). The molecule has 7 heteroatoms. The molecule has 2 aromatic heterocycles. The number of nitrogens with zero attached hydrogens (tertiary/aromatic N) is 3. The van der Waals surface area contributed by atoms with Crippen molar-refractivity contribution in [1.82, 2.24) is 19.8 Å². The first-order chi connectivity index (χ1) is 10.4. The molecule has 2 aromatic rings. The number of hydrogen-bond donors (Lipinski definition) is 1. The number of thiazole rings is 1. The second-order valence-corrected chi connectivity index (χ2v) is 6.68.